The van der Waals surface area contributed by atoms with Crippen LogP contribution >= 0.6 is 0 Å². The molecule has 1 fully saturated rings. The zero-order valence-electron chi connectivity index (χ0n) is 60.7. The zero-order valence-corrected chi connectivity index (χ0v) is 60.7. The molecule has 0 amide bonds. The fraction of sp³-hybridized carbons (Fsp3) is 0.975. The lowest BCUT2D eigenvalue weighted by Gasteiger charge is -2.37. The third-order valence-electron chi connectivity index (χ3n) is 20.2. The van der Waals surface area contributed by atoms with Gasteiger partial charge < -0.3 is 14.7 Å². The molecule has 0 aliphatic carbocycles. The van der Waals surface area contributed by atoms with Crippen molar-refractivity contribution in [2.45, 2.75) is 413 Å². The summed E-state index contributed by atoms with van der Waals surface area (Å²) < 4.78 is 0. The second-order valence-electron chi connectivity index (χ2n) is 28.6. The molecule has 0 aromatic heterocycles. The van der Waals surface area contributed by atoms with Crippen molar-refractivity contribution in [2.75, 3.05) is 98.2 Å². The number of piperazine rings is 1. The Morgan fingerprint density at radius 1 is 0.186 bits per heavy atom. The Balaban J connectivity index is 2.72. The van der Waals surface area contributed by atoms with Gasteiger partial charge in [0.25, 0.3) is 0 Å². The molecule has 86 heavy (non-hydrogen) atoms. The molecule has 5 nitrogen and oxygen atoms in total. The summed E-state index contributed by atoms with van der Waals surface area (Å²) in [5, 5.41) is 0. The smallest absolute Gasteiger partial charge is 0.0110 e. The highest BCUT2D eigenvalue weighted by atomic mass is 15.3. The molecule has 0 unspecified atom stereocenters. The van der Waals surface area contributed by atoms with Gasteiger partial charge in [-0.1, -0.05) is 368 Å². The Hall–Kier alpha value is -0.460. The molecular weight excluding hydrogens is 1040 g/mol. The van der Waals surface area contributed by atoms with Crippen LogP contribution in [0.25, 0.3) is 0 Å². The average Bonchev–Trinajstić information content (AvgIpc) is 3.62. The van der Waals surface area contributed by atoms with Crippen molar-refractivity contribution in [3.05, 3.63) is 12.2 Å². The van der Waals surface area contributed by atoms with E-state index in [1.807, 2.05) is 0 Å². The summed E-state index contributed by atoms with van der Waals surface area (Å²) in [6, 6.07) is 0. The van der Waals surface area contributed by atoms with Crippen molar-refractivity contribution in [1.29, 1.82) is 0 Å². The summed E-state index contributed by atoms with van der Waals surface area (Å²) in [7, 11) is 0. The lowest BCUT2D eigenvalue weighted by Crippen LogP contribution is -2.50. The molecule has 0 N–H and O–H groups in total. The van der Waals surface area contributed by atoms with E-state index in [-0.39, 0.29) is 0 Å². The van der Waals surface area contributed by atoms with E-state index >= 15 is 0 Å². The fourth-order valence-electron chi connectivity index (χ4n) is 13.8. The van der Waals surface area contributed by atoms with Gasteiger partial charge in [0.15, 0.2) is 0 Å². The van der Waals surface area contributed by atoms with Crippen molar-refractivity contribution in [2.24, 2.45) is 0 Å². The molecule has 1 aliphatic heterocycles. The summed E-state index contributed by atoms with van der Waals surface area (Å²) in [4.78, 5) is 14.5. The minimum absolute atomic E-state index is 1.27. The van der Waals surface area contributed by atoms with E-state index in [0.29, 0.717) is 0 Å². The zero-order chi connectivity index (χ0) is 61.6. The SMILES string of the molecule is CCCCCCCC/C=C\CCCCCCCCN(CCCCCCCCCCCCCCCCC)CCN1CCN(CCN(CCCCCCCCCCCC)CCN(CCCCCCCCCCCC)CCCCCCCCCCCC)CC1. The van der Waals surface area contributed by atoms with Gasteiger partial charge in [0.05, 0.1) is 0 Å². The molecule has 0 aromatic rings. The molecule has 0 saturated carbocycles. The standard InChI is InChI=1S/C81H165N5/c1-6-11-16-21-26-31-36-38-40-42-44-46-51-55-60-65-70-83(69-64-59-54-50-45-43-41-39-37-32-27-22-17-12-7-2)73-76-85-78-80-86(81-79-85)77-75-84(71-66-61-56-49-35-30-25-20-15-10-5)74-72-82(67-62-57-52-47-33-28-23-18-13-8-3)68-63-58-53-48-34-29-24-19-14-9-4/h38,40H,6-37,39,41-81H2,1-5H3/b40-38-. The van der Waals surface area contributed by atoms with Crippen LogP contribution in [-0.2, 0) is 0 Å². The van der Waals surface area contributed by atoms with Gasteiger partial charge >= 0.3 is 0 Å². The summed E-state index contributed by atoms with van der Waals surface area (Å²) >= 11 is 0. The molecule has 514 valence electrons. The maximum absolute atomic E-state index is 2.94. The van der Waals surface area contributed by atoms with Crippen LogP contribution in [-0.4, -0.2) is 123 Å². The van der Waals surface area contributed by atoms with Gasteiger partial charge in [0.1, 0.15) is 0 Å². The van der Waals surface area contributed by atoms with Crippen LogP contribution in [0.1, 0.15) is 413 Å². The van der Waals surface area contributed by atoms with Crippen LogP contribution in [0.3, 0.4) is 0 Å². The predicted octanol–water partition coefficient (Wildman–Crippen LogP) is 25.2. The van der Waals surface area contributed by atoms with E-state index < -0.39 is 0 Å². The highest BCUT2D eigenvalue weighted by molar-refractivity contribution is 4.81. The Kier molecular flexibility index (Phi) is 69.9. The van der Waals surface area contributed by atoms with E-state index in [0.717, 1.165) is 0 Å². The molecule has 1 rings (SSSR count). The second kappa shape index (κ2) is 72.0. The summed E-state index contributed by atoms with van der Waals surface area (Å²) in [6.07, 6.45) is 89.5. The normalized spacial score (nSPS) is 13.6. The third kappa shape index (κ3) is 62.4. The first-order valence-electron chi connectivity index (χ1n) is 40.9. The number of hydrogen-bond acceptors (Lipinski definition) is 5. The van der Waals surface area contributed by atoms with Gasteiger partial charge in [-0.15, -0.1) is 0 Å². The molecule has 0 aromatic carbocycles. The van der Waals surface area contributed by atoms with E-state index in [2.05, 4.69) is 71.3 Å². The fourth-order valence-corrected chi connectivity index (χ4v) is 13.8. The first-order chi connectivity index (χ1) is 42.7. The van der Waals surface area contributed by atoms with Crippen LogP contribution < -0.4 is 0 Å². The first-order valence-corrected chi connectivity index (χ1v) is 40.9. The quantitative estimate of drug-likeness (QED) is 0.0444. The minimum atomic E-state index is 1.27. The molecule has 0 radical (unpaired) electrons. The van der Waals surface area contributed by atoms with E-state index in [1.165, 1.54) is 477 Å². The van der Waals surface area contributed by atoms with Crippen molar-refractivity contribution in [3.63, 3.8) is 0 Å². The van der Waals surface area contributed by atoms with Gasteiger partial charge in [0, 0.05) is 65.4 Å². The van der Waals surface area contributed by atoms with Crippen molar-refractivity contribution >= 4 is 0 Å². The van der Waals surface area contributed by atoms with Gasteiger partial charge in [-0.2, -0.15) is 0 Å². The lowest BCUT2D eigenvalue weighted by molar-refractivity contribution is 0.104. The maximum Gasteiger partial charge on any atom is 0.0110 e. The molecule has 1 saturated heterocycles. The van der Waals surface area contributed by atoms with Crippen LogP contribution in [0.5, 0.6) is 0 Å². The number of rotatable bonds is 74. The van der Waals surface area contributed by atoms with E-state index in [4.69, 9.17) is 0 Å². The van der Waals surface area contributed by atoms with Gasteiger partial charge in [-0.3, -0.25) is 9.80 Å². The maximum atomic E-state index is 2.94. The van der Waals surface area contributed by atoms with Crippen LogP contribution in [0.2, 0.25) is 0 Å². The molecule has 0 spiro atoms. The number of hydrogen-bond donors (Lipinski definition) is 0. The number of unbranched alkanes of at least 4 members (excludes halogenated alkanes) is 53. The largest absolute Gasteiger partial charge is 0.302 e. The molecular formula is C81H165N5. The molecule has 1 aliphatic rings. The summed E-state index contributed by atoms with van der Waals surface area (Å²) in [5.41, 5.74) is 0. The summed E-state index contributed by atoms with van der Waals surface area (Å²) in [6.45, 7) is 31.0. The van der Waals surface area contributed by atoms with Crippen molar-refractivity contribution < 1.29 is 0 Å². The van der Waals surface area contributed by atoms with Crippen molar-refractivity contribution in [3.8, 4) is 0 Å². The first kappa shape index (κ1) is 83.6. The molecule has 5 heteroatoms. The van der Waals surface area contributed by atoms with Gasteiger partial charge in [-0.25, -0.2) is 0 Å². The third-order valence-corrected chi connectivity index (χ3v) is 20.2. The van der Waals surface area contributed by atoms with Crippen LogP contribution in [0.4, 0.5) is 0 Å². The Morgan fingerprint density at radius 3 is 0.558 bits per heavy atom. The predicted molar refractivity (Wildman–Crippen MR) is 392 cm³/mol. The van der Waals surface area contributed by atoms with E-state index in [1.54, 1.807) is 0 Å². The number of allylic oxidation sites excluding steroid dienone is 2. The van der Waals surface area contributed by atoms with Gasteiger partial charge in [0.2, 0.25) is 0 Å². The Morgan fingerprint density at radius 2 is 0.349 bits per heavy atom. The average molecular weight is 1210 g/mol. The Bertz CT molecular complexity index is 1220. The van der Waals surface area contributed by atoms with E-state index in [9.17, 15) is 0 Å². The monoisotopic (exact) mass is 1210 g/mol. The molecule has 0 atom stereocenters. The van der Waals surface area contributed by atoms with Crippen LogP contribution in [0.15, 0.2) is 12.2 Å². The Labute approximate surface area is 545 Å². The lowest BCUT2D eigenvalue weighted by atomic mass is 10.0. The topological polar surface area (TPSA) is 16.2 Å². The van der Waals surface area contributed by atoms with Crippen LogP contribution in [0, 0.1) is 0 Å². The highest BCUT2D eigenvalue weighted by Gasteiger charge is 2.19. The molecule has 0 bridgehead atoms. The van der Waals surface area contributed by atoms with Crippen molar-refractivity contribution in [1.82, 2.24) is 24.5 Å². The number of nitrogens with zero attached hydrogens (tertiary/aromatic N) is 5. The minimum Gasteiger partial charge on any atom is -0.302 e. The molecule has 1 heterocycles. The summed E-state index contributed by atoms with van der Waals surface area (Å²) in [5.74, 6) is 0. The second-order valence-corrected chi connectivity index (χ2v) is 28.6. The highest BCUT2D eigenvalue weighted by Crippen LogP contribution is 2.18. The van der Waals surface area contributed by atoms with Gasteiger partial charge in [-0.05, 0) is 90.5 Å².